The summed E-state index contributed by atoms with van der Waals surface area (Å²) in [7, 11) is 0. The molecule has 0 atom stereocenters. The number of nitrogens with one attached hydrogen (secondary N) is 1. The van der Waals surface area contributed by atoms with E-state index in [1.165, 1.54) is 18.2 Å². The van der Waals surface area contributed by atoms with Crippen molar-refractivity contribution < 1.29 is 24.2 Å². The van der Waals surface area contributed by atoms with Crippen molar-refractivity contribution >= 4 is 23.6 Å². The number of benzene rings is 3. The molecule has 0 spiro atoms. The lowest BCUT2D eigenvalue weighted by Crippen LogP contribution is -2.13. The van der Waals surface area contributed by atoms with Gasteiger partial charge in [0.1, 0.15) is 18.2 Å². The van der Waals surface area contributed by atoms with Crippen LogP contribution in [-0.2, 0) is 17.8 Å². The van der Waals surface area contributed by atoms with Crippen molar-refractivity contribution in [2.75, 3.05) is 11.9 Å². The molecule has 0 aliphatic rings. The van der Waals surface area contributed by atoms with Crippen molar-refractivity contribution in [2.24, 2.45) is 0 Å². The molecule has 0 unspecified atom stereocenters. The number of carbonyl (C=O) groups is 2. The highest BCUT2D eigenvalue weighted by atomic mass is 16.5. The number of allylic oxidation sites excluding steroid dienone is 1. The highest BCUT2D eigenvalue weighted by Crippen LogP contribution is 2.35. The maximum absolute atomic E-state index is 12.8. The largest absolute Gasteiger partial charge is 0.490 e. The molecule has 2 N–H and O–H groups in total. The predicted octanol–water partition coefficient (Wildman–Crippen LogP) is 5.95. The summed E-state index contributed by atoms with van der Waals surface area (Å²) in [5.41, 5.74) is 3.90. The smallest absolute Gasteiger partial charge is 0.335 e. The van der Waals surface area contributed by atoms with Crippen molar-refractivity contribution in [3.8, 4) is 17.6 Å². The molecule has 7 nitrogen and oxygen atoms in total. The van der Waals surface area contributed by atoms with Crippen LogP contribution < -0.4 is 14.8 Å². The molecular weight excluding hydrogens is 468 g/mol. The minimum atomic E-state index is -0.993. The first-order chi connectivity index (χ1) is 17.8. The number of amides is 1. The quantitative estimate of drug-likeness (QED) is 0.193. The molecular formula is C30H28N2O5. The SMILES string of the molecule is C=CCc1cc(/C=C(\C#N)C(=O)Nc2cccc(C)c2)cc(OCC)c1OCc1ccc(C(=O)O)cc1. The summed E-state index contributed by atoms with van der Waals surface area (Å²) in [6, 6.07) is 19.3. The Bertz CT molecular complexity index is 1370. The van der Waals surface area contributed by atoms with Crippen molar-refractivity contribution in [3.05, 3.63) is 107 Å². The third kappa shape index (κ3) is 7.33. The van der Waals surface area contributed by atoms with Gasteiger partial charge in [-0.05, 0) is 79.4 Å². The number of carbonyl (C=O) groups excluding carboxylic acids is 1. The normalized spacial score (nSPS) is 10.8. The molecule has 0 aromatic heterocycles. The van der Waals surface area contributed by atoms with E-state index in [-0.39, 0.29) is 17.7 Å². The van der Waals surface area contributed by atoms with Crippen LogP contribution >= 0.6 is 0 Å². The number of carboxylic acid groups (broad SMARTS) is 1. The molecule has 0 aliphatic carbocycles. The first-order valence-corrected chi connectivity index (χ1v) is 11.7. The summed E-state index contributed by atoms with van der Waals surface area (Å²) in [6.07, 6.45) is 3.70. The third-order valence-corrected chi connectivity index (χ3v) is 5.35. The summed E-state index contributed by atoms with van der Waals surface area (Å²) < 4.78 is 11.9. The highest BCUT2D eigenvalue weighted by Gasteiger charge is 2.16. The van der Waals surface area contributed by atoms with E-state index < -0.39 is 11.9 Å². The number of aromatic carboxylic acids is 1. The fourth-order valence-electron chi connectivity index (χ4n) is 3.64. The minimum absolute atomic E-state index is 0.0549. The first kappa shape index (κ1) is 26.8. The number of carboxylic acids is 1. The van der Waals surface area contributed by atoms with E-state index in [4.69, 9.17) is 14.6 Å². The van der Waals surface area contributed by atoms with Gasteiger partial charge in [0.2, 0.25) is 0 Å². The Morgan fingerprint density at radius 1 is 1.11 bits per heavy atom. The van der Waals surface area contributed by atoms with E-state index in [0.29, 0.717) is 35.8 Å². The van der Waals surface area contributed by atoms with E-state index in [0.717, 1.165) is 16.7 Å². The van der Waals surface area contributed by atoms with Crippen LogP contribution in [0.15, 0.2) is 78.9 Å². The van der Waals surface area contributed by atoms with Crippen LogP contribution in [0.5, 0.6) is 11.5 Å². The van der Waals surface area contributed by atoms with E-state index in [1.807, 2.05) is 44.2 Å². The fraction of sp³-hybridized carbons (Fsp3) is 0.167. The topological polar surface area (TPSA) is 109 Å². The molecule has 0 aliphatic heterocycles. The Balaban J connectivity index is 1.91. The van der Waals surface area contributed by atoms with Crippen LogP contribution in [0, 0.1) is 18.3 Å². The van der Waals surface area contributed by atoms with Gasteiger partial charge in [0.15, 0.2) is 11.5 Å². The van der Waals surface area contributed by atoms with Crippen LogP contribution in [-0.4, -0.2) is 23.6 Å². The standard InChI is InChI=1S/C30H28N2O5/c1-4-7-24-15-22(16-25(18-31)29(33)32-26-9-6-8-20(3)14-26)17-27(36-5-2)28(24)37-19-21-10-12-23(13-11-21)30(34)35/h4,6,8-17H,1,5,7,19H2,2-3H3,(H,32,33)(H,34,35)/b25-16+. The molecule has 3 aromatic carbocycles. The lowest BCUT2D eigenvalue weighted by atomic mass is 10.0. The van der Waals surface area contributed by atoms with Crippen LogP contribution in [0.25, 0.3) is 6.08 Å². The van der Waals surface area contributed by atoms with Gasteiger partial charge >= 0.3 is 5.97 Å². The molecule has 3 rings (SSSR count). The molecule has 0 heterocycles. The zero-order chi connectivity index (χ0) is 26.8. The highest BCUT2D eigenvalue weighted by molar-refractivity contribution is 6.09. The molecule has 0 fully saturated rings. The number of hydrogen-bond donors (Lipinski definition) is 2. The fourth-order valence-corrected chi connectivity index (χ4v) is 3.64. The monoisotopic (exact) mass is 496 g/mol. The van der Waals surface area contributed by atoms with Crippen LogP contribution in [0.1, 0.15) is 39.5 Å². The number of aryl methyl sites for hydroxylation is 1. The second-order valence-corrected chi connectivity index (χ2v) is 8.22. The molecule has 1 amide bonds. The zero-order valence-corrected chi connectivity index (χ0v) is 20.8. The maximum Gasteiger partial charge on any atom is 0.335 e. The number of nitrogens with zero attached hydrogens (tertiary/aromatic N) is 1. The Kier molecular flexibility index (Phi) is 9.23. The summed E-state index contributed by atoms with van der Waals surface area (Å²) in [5, 5.41) is 21.5. The third-order valence-electron chi connectivity index (χ3n) is 5.35. The molecule has 188 valence electrons. The Morgan fingerprint density at radius 2 is 1.86 bits per heavy atom. The summed E-state index contributed by atoms with van der Waals surface area (Å²) in [5.74, 6) is -0.524. The number of hydrogen-bond acceptors (Lipinski definition) is 5. The van der Waals surface area contributed by atoms with Crippen LogP contribution in [0.3, 0.4) is 0 Å². The van der Waals surface area contributed by atoms with Gasteiger partial charge in [0.25, 0.3) is 5.91 Å². The lowest BCUT2D eigenvalue weighted by Gasteiger charge is -2.17. The number of rotatable bonds is 11. The second kappa shape index (κ2) is 12.8. The number of nitriles is 1. The summed E-state index contributed by atoms with van der Waals surface area (Å²) in [6.45, 7) is 8.16. The van der Waals surface area contributed by atoms with Gasteiger partial charge in [-0.3, -0.25) is 4.79 Å². The van der Waals surface area contributed by atoms with Gasteiger partial charge in [-0.1, -0.05) is 30.3 Å². The van der Waals surface area contributed by atoms with E-state index >= 15 is 0 Å². The van der Waals surface area contributed by atoms with Gasteiger partial charge in [0.05, 0.1) is 12.2 Å². The van der Waals surface area contributed by atoms with E-state index in [1.54, 1.807) is 30.3 Å². The Hall–Kier alpha value is -4.83. The van der Waals surface area contributed by atoms with E-state index in [2.05, 4.69) is 11.9 Å². The minimum Gasteiger partial charge on any atom is -0.490 e. The zero-order valence-electron chi connectivity index (χ0n) is 20.8. The molecule has 3 aromatic rings. The number of ether oxygens (including phenoxy) is 2. The van der Waals surface area contributed by atoms with Gasteiger partial charge < -0.3 is 19.9 Å². The maximum atomic E-state index is 12.8. The van der Waals surface area contributed by atoms with E-state index in [9.17, 15) is 14.9 Å². The molecule has 0 saturated carbocycles. The molecule has 7 heteroatoms. The summed E-state index contributed by atoms with van der Waals surface area (Å²) in [4.78, 5) is 23.9. The molecule has 0 saturated heterocycles. The van der Waals surface area contributed by atoms with Gasteiger partial charge in [-0.15, -0.1) is 6.58 Å². The van der Waals surface area contributed by atoms with Crippen molar-refractivity contribution in [3.63, 3.8) is 0 Å². The van der Waals surface area contributed by atoms with Crippen LogP contribution in [0.4, 0.5) is 5.69 Å². The van der Waals surface area contributed by atoms with Crippen molar-refractivity contribution in [2.45, 2.75) is 26.9 Å². The van der Waals surface area contributed by atoms with Crippen molar-refractivity contribution in [1.29, 1.82) is 5.26 Å². The molecule has 0 radical (unpaired) electrons. The average molecular weight is 497 g/mol. The van der Waals surface area contributed by atoms with Gasteiger partial charge in [-0.25, -0.2) is 4.79 Å². The average Bonchev–Trinajstić information content (AvgIpc) is 2.87. The van der Waals surface area contributed by atoms with Gasteiger partial charge in [-0.2, -0.15) is 5.26 Å². The second-order valence-electron chi connectivity index (χ2n) is 8.22. The van der Waals surface area contributed by atoms with Crippen LogP contribution in [0.2, 0.25) is 0 Å². The Morgan fingerprint density at radius 3 is 2.49 bits per heavy atom. The predicted molar refractivity (Wildman–Crippen MR) is 143 cm³/mol. The molecule has 0 bridgehead atoms. The van der Waals surface area contributed by atoms with Crippen molar-refractivity contribution in [1.82, 2.24) is 0 Å². The molecule has 37 heavy (non-hydrogen) atoms. The van der Waals surface area contributed by atoms with Gasteiger partial charge in [0, 0.05) is 11.3 Å². The Labute approximate surface area is 216 Å². The number of anilines is 1. The lowest BCUT2D eigenvalue weighted by molar-refractivity contribution is -0.112. The summed E-state index contributed by atoms with van der Waals surface area (Å²) >= 11 is 0. The first-order valence-electron chi connectivity index (χ1n) is 11.7.